The van der Waals surface area contributed by atoms with Crippen molar-refractivity contribution in [1.29, 1.82) is 0 Å². The number of hydrogen-bond acceptors (Lipinski definition) is 5. The van der Waals surface area contributed by atoms with Gasteiger partial charge in [-0.05, 0) is 29.8 Å². The van der Waals surface area contributed by atoms with Crippen LogP contribution in [0.5, 0.6) is 0 Å². The maximum Gasteiger partial charge on any atom is 0.287 e. The van der Waals surface area contributed by atoms with E-state index in [2.05, 4.69) is 5.32 Å². The molecule has 0 aliphatic rings. The summed E-state index contributed by atoms with van der Waals surface area (Å²) in [5.74, 6) is 1.62. The monoisotopic (exact) mass is 339 g/mol. The molecule has 2 rings (SSSR count). The van der Waals surface area contributed by atoms with Crippen molar-refractivity contribution in [3.63, 3.8) is 0 Å². The second-order valence-electron chi connectivity index (χ2n) is 4.70. The first-order valence-electron chi connectivity index (χ1n) is 6.65. The number of carbonyl (C=O) groups is 1. The van der Waals surface area contributed by atoms with Crippen LogP contribution in [0.4, 0.5) is 0 Å². The van der Waals surface area contributed by atoms with Gasteiger partial charge in [-0.2, -0.15) is 11.8 Å². The Labute approximate surface area is 134 Å². The van der Waals surface area contributed by atoms with Crippen molar-refractivity contribution in [2.75, 3.05) is 18.6 Å². The van der Waals surface area contributed by atoms with Crippen molar-refractivity contribution in [3.05, 3.63) is 54.0 Å². The van der Waals surface area contributed by atoms with Crippen LogP contribution >= 0.6 is 11.8 Å². The normalized spacial score (nSPS) is 11.3. The van der Waals surface area contributed by atoms with E-state index in [9.17, 15) is 13.2 Å². The molecule has 0 saturated carbocycles. The van der Waals surface area contributed by atoms with Crippen LogP contribution in [0.15, 0.2) is 52.0 Å². The molecule has 1 heterocycles. The minimum atomic E-state index is -3.14. The van der Waals surface area contributed by atoms with Gasteiger partial charge in [-0.3, -0.25) is 4.79 Å². The van der Waals surface area contributed by atoms with Crippen LogP contribution in [-0.4, -0.2) is 32.9 Å². The van der Waals surface area contributed by atoms with E-state index < -0.39 is 9.84 Å². The van der Waals surface area contributed by atoms with Crippen LogP contribution in [-0.2, 0) is 15.6 Å². The Morgan fingerprint density at radius 1 is 1.23 bits per heavy atom. The van der Waals surface area contributed by atoms with E-state index in [1.807, 2.05) is 12.1 Å². The number of thioether (sulfide) groups is 1. The lowest BCUT2D eigenvalue weighted by atomic mass is 10.2. The summed E-state index contributed by atoms with van der Waals surface area (Å²) in [5, 5.41) is 2.77. The van der Waals surface area contributed by atoms with Gasteiger partial charge in [0.15, 0.2) is 15.6 Å². The van der Waals surface area contributed by atoms with Crippen molar-refractivity contribution in [1.82, 2.24) is 5.32 Å². The minimum absolute atomic E-state index is 0.219. The highest BCUT2D eigenvalue weighted by Gasteiger charge is 2.07. The summed E-state index contributed by atoms with van der Waals surface area (Å²) in [7, 11) is -3.14. The largest absolute Gasteiger partial charge is 0.459 e. The summed E-state index contributed by atoms with van der Waals surface area (Å²) in [5.41, 5.74) is 1.05. The van der Waals surface area contributed by atoms with Crippen molar-refractivity contribution < 1.29 is 17.6 Å². The van der Waals surface area contributed by atoms with Gasteiger partial charge in [-0.15, -0.1) is 0 Å². The second-order valence-corrected chi connectivity index (χ2v) is 7.82. The van der Waals surface area contributed by atoms with Gasteiger partial charge in [0.05, 0.1) is 11.2 Å². The molecular formula is C15H17NO4S2. The van der Waals surface area contributed by atoms with E-state index in [0.717, 1.165) is 17.1 Å². The molecule has 0 aliphatic heterocycles. The number of amides is 1. The molecule has 1 N–H and O–H groups in total. The lowest BCUT2D eigenvalue weighted by Gasteiger charge is -2.05. The number of rotatable bonds is 7. The molecule has 0 unspecified atom stereocenters. The average Bonchev–Trinajstić information content (AvgIpc) is 3.00. The number of carbonyl (C=O) groups excluding carboxylic acids is 1. The molecule has 1 amide bonds. The highest BCUT2D eigenvalue weighted by molar-refractivity contribution is 7.98. The first kappa shape index (κ1) is 16.6. The standard InChI is InChI=1S/C15H17NO4S2/c1-22(18,19)13-6-4-12(5-7-13)11-21-10-8-16-15(17)14-3-2-9-20-14/h2-7,9H,8,10-11H2,1H3,(H,16,17). The molecule has 7 heteroatoms. The summed E-state index contributed by atoms with van der Waals surface area (Å²) in [6, 6.07) is 10.1. The summed E-state index contributed by atoms with van der Waals surface area (Å²) in [6.45, 7) is 0.547. The number of hydrogen-bond donors (Lipinski definition) is 1. The third-order valence-corrected chi connectivity index (χ3v) is 5.06. The fourth-order valence-electron chi connectivity index (χ4n) is 1.75. The quantitative estimate of drug-likeness (QED) is 0.784. The van der Waals surface area contributed by atoms with E-state index in [4.69, 9.17) is 4.42 Å². The molecule has 0 bridgehead atoms. The first-order valence-corrected chi connectivity index (χ1v) is 9.70. The summed E-state index contributed by atoms with van der Waals surface area (Å²) >= 11 is 1.66. The number of sulfone groups is 1. The van der Waals surface area contributed by atoms with E-state index in [0.29, 0.717) is 17.2 Å². The summed E-state index contributed by atoms with van der Waals surface area (Å²) < 4.78 is 27.7. The molecule has 22 heavy (non-hydrogen) atoms. The van der Waals surface area contributed by atoms with Crippen molar-refractivity contribution in [3.8, 4) is 0 Å². The number of nitrogens with one attached hydrogen (secondary N) is 1. The van der Waals surface area contributed by atoms with Crippen molar-refractivity contribution in [2.45, 2.75) is 10.6 Å². The predicted octanol–water partition coefficient (Wildman–Crippen LogP) is 2.35. The van der Waals surface area contributed by atoms with Crippen LogP contribution < -0.4 is 5.32 Å². The molecule has 0 saturated heterocycles. The van der Waals surface area contributed by atoms with Gasteiger partial charge in [0.2, 0.25) is 0 Å². The molecule has 2 aromatic rings. The predicted molar refractivity (Wildman–Crippen MR) is 86.8 cm³/mol. The van der Waals surface area contributed by atoms with Crippen molar-refractivity contribution >= 4 is 27.5 Å². The fourth-order valence-corrected chi connectivity index (χ4v) is 3.20. The Bertz CT molecular complexity index is 707. The smallest absolute Gasteiger partial charge is 0.287 e. The third kappa shape index (κ3) is 4.92. The van der Waals surface area contributed by atoms with Crippen LogP contribution in [0, 0.1) is 0 Å². The van der Waals surface area contributed by atoms with Crippen LogP contribution in [0.2, 0.25) is 0 Å². The lowest BCUT2D eigenvalue weighted by Crippen LogP contribution is -2.25. The molecule has 1 aromatic heterocycles. The van der Waals surface area contributed by atoms with Crippen molar-refractivity contribution in [2.24, 2.45) is 0 Å². The fraction of sp³-hybridized carbons (Fsp3) is 0.267. The Kier molecular flexibility index (Phi) is 5.68. The van der Waals surface area contributed by atoms with E-state index in [-0.39, 0.29) is 5.91 Å². The number of benzene rings is 1. The lowest BCUT2D eigenvalue weighted by molar-refractivity contribution is 0.0928. The number of furan rings is 1. The zero-order valence-electron chi connectivity index (χ0n) is 12.1. The van der Waals surface area contributed by atoms with Gasteiger partial charge in [-0.1, -0.05) is 12.1 Å². The van der Waals surface area contributed by atoms with Gasteiger partial charge in [0.1, 0.15) is 0 Å². The van der Waals surface area contributed by atoms with Crippen LogP contribution in [0.1, 0.15) is 16.1 Å². The Morgan fingerprint density at radius 2 is 1.95 bits per heavy atom. The molecule has 118 valence electrons. The van der Waals surface area contributed by atoms with E-state index >= 15 is 0 Å². The molecule has 0 aliphatic carbocycles. The highest BCUT2D eigenvalue weighted by Crippen LogP contribution is 2.15. The molecule has 0 atom stereocenters. The Hall–Kier alpha value is -1.73. The molecule has 1 aromatic carbocycles. The summed E-state index contributed by atoms with van der Waals surface area (Å²) in [6.07, 6.45) is 2.66. The molecule has 5 nitrogen and oxygen atoms in total. The van der Waals surface area contributed by atoms with E-state index in [1.54, 1.807) is 36.0 Å². The first-order chi connectivity index (χ1) is 10.5. The second kappa shape index (κ2) is 7.51. The molecule has 0 spiro atoms. The van der Waals surface area contributed by atoms with Gasteiger partial charge in [-0.25, -0.2) is 8.42 Å². The van der Waals surface area contributed by atoms with Crippen LogP contribution in [0.3, 0.4) is 0 Å². The molecule has 0 fully saturated rings. The Balaban J connectivity index is 1.70. The van der Waals surface area contributed by atoms with Gasteiger partial charge in [0, 0.05) is 24.3 Å². The summed E-state index contributed by atoms with van der Waals surface area (Å²) in [4.78, 5) is 11.9. The third-order valence-electron chi connectivity index (χ3n) is 2.90. The van der Waals surface area contributed by atoms with Crippen LogP contribution in [0.25, 0.3) is 0 Å². The zero-order chi connectivity index (χ0) is 16.0. The topological polar surface area (TPSA) is 76.4 Å². The maximum absolute atomic E-state index is 11.6. The SMILES string of the molecule is CS(=O)(=O)c1ccc(CSCCNC(=O)c2ccco2)cc1. The zero-order valence-corrected chi connectivity index (χ0v) is 13.7. The average molecular weight is 339 g/mol. The Morgan fingerprint density at radius 3 is 2.55 bits per heavy atom. The van der Waals surface area contributed by atoms with Gasteiger partial charge < -0.3 is 9.73 Å². The van der Waals surface area contributed by atoms with Gasteiger partial charge in [0.25, 0.3) is 5.91 Å². The van der Waals surface area contributed by atoms with E-state index in [1.165, 1.54) is 12.5 Å². The maximum atomic E-state index is 11.6. The molecular weight excluding hydrogens is 322 g/mol. The minimum Gasteiger partial charge on any atom is -0.459 e. The highest BCUT2D eigenvalue weighted by atomic mass is 32.2. The van der Waals surface area contributed by atoms with Gasteiger partial charge >= 0.3 is 0 Å². The molecule has 0 radical (unpaired) electrons.